The Morgan fingerprint density at radius 2 is 2.05 bits per heavy atom. The molecule has 0 saturated carbocycles. The minimum Gasteiger partial charge on any atom is -0.478 e. The molecule has 1 aromatic carbocycles. The Bertz CT molecular complexity index is 617. The number of hydrogen-bond acceptors (Lipinski definition) is 3. The van der Waals surface area contributed by atoms with Gasteiger partial charge in [-0.3, -0.25) is 0 Å². The summed E-state index contributed by atoms with van der Waals surface area (Å²) in [6, 6.07) is 11.3. The Morgan fingerprint density at radius 1 is 1.33 bits per heavy atom. The van der Waals surface area contributed by atoms with Crippen molar-refractivity contribution in [1.29, 1.82) is 0 Å². The molecule has 2 aromatic rings. The number of para-hydroxylation sites is 1. The first-order valence-corrected chi connectivity index (χ1v) is 7.64. The van der Waals surface area contributed by atoms with Crippen LogP contribution in [0.1, 0.15) is 30.1 Å². The number of aromatic nitrogens is 1. The molecule has 5 heteroatoms. The number of anilines is 2. The Morgan fingerprint density at radius 3 is 2.67 bits per heavy atom. The molecular weight excluding hydrogens is 332 g/mol. The zero-order chi connectivity index (χ0) is 15.2. The second-order valence-corrected chi connectivity index (χ2v) is 5.59. The molecule has 4 nitrogen and oxygen atoms in total. The van der Waals surface area contributed by atoms with Crippen molar-refractivity contribution in [1.82, 2.24) is 4.98 Å². The number of carboxylic acid groups (broad SMARTS) is 1. The Hall–Kier alpha value is -1.88. The van der Waals surface area contributed by atoms with Gasteiger partial charge in [-0.25, -0.2) is 9.78 Å². The third-order valence-corrected chi connectivity index (χ3v) is 3.56. The molecule has 1 N–H and O–H groups in total. The van der Waals surface area contributed by atoms with Crippen LogP contribution in [0.2, 0.25) is 0 Å². The van der Waals surface area contributed by atoms with Gasteiger partial charge in [0.25, 0.3) is 0 Å². The summed E-state index contributed by atoms with van der Waals surface area (Å²) in [6.45, 7) is 2.84. The molecule has 0 atom stereocenters. The number of carboxylic acids is 1. The average Bonchev–Trinajstić information content (AvgIpc) is 2.49. The van der Waals surface area contributed by atoms with Gasteiger partial charge in [-0.05, 0) is 40.5 Å². The van der Waals surface area contributed by atoms with Crippen LogP contribution in [-0.4, -0.2) is 22.6 Å². The van der Waals surface area contributed by atoms with E-state index >= 15 is 0 Å². The summed E-state index contributed by atoms with van der Waals surface area (Å²) >= 11 is 3.28. The summed E-state index contributed by atoms with van der Waals surface area (Å²) in [5.41, 5.74) is 1.15. The van der Waals surface area contributed by atoms with Crippen molar-refractivity contribution in [2.24, 2.45) is 0 Å². The van der Waals surface area contributed by atoms with Gasteiger partial charge in [-0.2, -0.15) is 0 Å². The van der Waals surface area contributed by atoms with Crippen molar-refractivity contribution in [3.05, 3.63) is 52.6 Å². The Labute approximate surface area is 132 Å². The second kappa shape index (κ2) is 7.22. The molecule has 1 aromatic heterocycles. The lowest BCUT2D eigenvalue weighted by Crippen LogP contribution is -2.22. The lowest BCUT2D eigenvalue weighted by molar-refractivity contribution is 0.0697. The first-order valence-electron chi connectivity index (χ1n) is 6.85. The number of hydrogen-bond donors (Lipinski definition) is 1. The molecule has 0 aliphatic carbocycles. The highest BCUT2D eigenvalue weighted by Gasteiger charge is 2.19. The summed E-state index contributed by atoms with van der Waals surface area (Å²) in [7, 11) is 0. The molecule has 0 amide bonds. The monoisotopic (exact) mass is 348 g/mol. The van der Waals surface area contributed by atoms with Gasteiger partial charge < -0.3 is 10.0 Å². The van der Waals surface area contributed by atoms with E-state index in [9.17, 15) is 9.90 Å². The van der Waals surface area contributed by atoms with Gasteiger partial charge >= 0.3 is 5.97 Å². The van der Waals surface area contributed by atoms with Gasteiger partial charge in [0.1, 0.15) is 11.4 Å². The molecule has 2 rings (SSSR count). The topological polar surface area (TPSA) is 53.4 Å². The van der Waals surface area contributed by atoms with Crippen LogP contribution in [-0.2, 0) is 0 Å². The van der Waals surface area contributed by atoms with Gasteiger partial charge in [0.2, 0.25) is 0 Å². The van der Waals surface area contributed by atoms with E-state index < -0.39 is 5.97 Å². The van der Waals surface area contributed by atoms with Crippen molar-refractivity contribution in [3.8, 4) is 0 Å². The average molecular weight is 349 g/mol. The van der Waals surface area contributed by atoms with Gasteiger partial charge in [-0.15, -0.1) is 0 Å². The lowest BCUT2D eigenvalue weighted by atomic mass is 10.2. The van der Waals surface area contributed by atoms with Crippen LogP contribution in [0.15, 0.2) is 47.1 Å². The Kier molecular flexibility index (Phi) is 5.33. The second-order valence-electron chi connectivity index (χ2n) is 4.67. The number of unbranched alkanes of at least 4 members (excludes halogenated alkanes) is 1. The summed E-state index contributed by atoms with van der Waals surface area (Å²) in [6.07, 6.45) is 3.62. The quantitative estimate of drug-likeness (QED) is 0.835. The zero-order valence-corrected chi connectivity index (χ0v) is 13.4. The zero-order valence-electron chi connectivity index (χ0n) is 11.8. The molecule has 0 aliphatic rings. The first kappa shape index (κ1) is 15.5. The van der Waals surface area contributed by atoms with Crippen LogP contribution in [0.4, 0.5) is 11.5 Å². The predicted octanol–water partition coefficient (Wildman–Crippen LogP) is 4.48. The molecule has 21 heavy (non-hydrogen) atoms. The van der Waals surface area contributed by atoms with Gasteiger partial charge in [-0.1, -0.05) is 31.5 Å². The van der Waals surface area contributed by atoms with Crippen LogP contribution in [0, 0.1) is 0 Å². The number of nitrogens with zero attached hydrogens (tertiary/aromatic N) is 2. The first-order chi connectivity index (χ1) is 10.1. The minimum atomic E-state index is -0.976. The van der Waals surface area contributed by atoms with E-state index in [1.165, 1.54) is 0 Å². The van der Waals surface area contributed by atoms with Crippen molar-refractivity contribution < 1.29 is 9.90 Å². The van der Waals surface area contributed by atoms with Crippen LogP contribution in [0.5, 0.6) is 0 Å². The fraction of sp³-hybridized carbons (Fsp3) is 0.250. The number of rotatable bonds is 6. The van der Waals surface area contributed by atoms with E-state index in [-0.39, 0.29) is 5.56 Å². The Balaban J connectivity index is 2.48. The van der Waals surface area contributed by atoms with Crippen LogP contribution in [0.25, 0.3) is 0 Å². The number of aromatic carboxylic acids is 1. The van der Waals surface area contributed by atoms with E-state index in [1.807, 2.05) is 35.2 Å². The largest absolute Gasteiger partial charge is 0.478 e. The maximum absolute atomic E-state index is 11.5. The van der Waals surface area contributed by atoms with Gasteiger partial charge in [0, 0.05) is 22.9 Å². The lowest BCUT2D eigenvalue weighted by Gasteiger charge is -2.25. The normalized spacial score (nSPS) is 10.4. The fourth-order valence-electron chi connectivity index (χ4n) is 2.09. The van der Waals surface area contributed by atoms with E-state index in [4.69, 9.17) is 0 Å². The molecule has 0 saturated heterocycles. The van der Waals surface area contributed by atoms with Crippen LogP contribution in [0.3, 0.4) is 0 Å². The highest BCUT2D eigenvalue weighted by Crippen LogP contribution is 2.28. The maximum atomic E-state index is 11.5. The third kappa shape index (κ3) is 3.82. The van der Waals surface area contributed by atoms with E-state index in [0.29, 0.717) is 10.3 Å². The predicted molar refractivity (Wildman–Crippen MR) is 87.3 cm³/mol. The van der Waals surface area contributed by atoms with Crippen molar-refractivity contribution in [2.75, 3.05) is 11.4 Å². The van der Waals surface area contributed by atoms with Gasteiger partial charge in [0.15, 0.2) is 0 Å². The van der Waals surface area contributed by atoms with E-state index in [1.54, 1.807) is 12.3 Å². The molecule has 0 aliphatic heterocycles. The van der Waals surface area contributed by atoms with Crippen LogP contribution >= 0.6 is 15.9 Å². The van der Waals surface area contributed by atoms with Crippen LogP contribution < -0.4 is 4.90 Å². The molecule has 0 unspecified atom stereocenters. The van der Waals surface area contributed by atoms with Crippen molar-refractivity contribution in [2.45, 2.75) is 19.8 Å². The minimum absolute atomic E-state index is 0.198. The standard InChI is InChI=1S/C16H17BrN2O2/c1-2-3-9-19(13-7-5-4-6-8-13)15-14(16(20)21)10-12(17)11-18-15/h4-8,10-11H,2-3,9H2,1H3,(H,20,21). The highest BCUT2D eigenvalue weighted by atomic mass is 79.9. The molecule has 0 radical (unpaired) electrons. The molecule has 0 spiro atoms. The molecule has 0 fully saturated rings. The fourth-order valence-corrected chi connectivity index (χ4v) is 2.42. The molecule has 1 heterocycles. The maximum Gasteiger partial charge on any atom is 0.339 e. The number of pyridine rings is 1. The van der Waals surface area contributed by atoms with E-state index in [0.717, 1.165) is 25.1 Å². The molecule has 0 bridgehead atoms. The summed E-state index contributed by atoms with van der Waals surface area (Å²) < 4.78 is 0.659. The van der Waals surface area contributed by atoms with Crippen molar-refractivity contribution >= 4 is 33.4 Å². The SMILES string of the molecule is CCCCN(c1ccccc1)c1ncc(Br)cc1C(=O)O. The number of halogens is 1. The summed E-state index contributed by atoms with van der Waals surface area (Å²) in [5, 5.41) is 9.42. The number of carbonyl (C=O) groups is 1. The van der Waals surface area contributed by atoms with E-state index in [2.05, 4.69) is 27.8 Å². The molecule has 110 valence electrons. The molecular formula is C16H17BrN2O2. The third-order valence-electron chi connectivity index (χ3n) is 3.12. The summed E-state index contributed by atoms with van der Waals surface area (Å²) in [5.74, 6) is -0.499. The van der Waals surface area contributed by atoms with Crippen molar-refractivity contribution in [3.63, 3.8) is 0 Å². The smallest absolute Gasteiger partial charge is 0.339 e. The van der Waals surface area contributed by atoms with Gasteiger partial charge in [0.05, 0.1) is 0 Å². The highest BCUT2D eigenvalue weighted by molar-refractivity contribution is 9.10. The number of benzene rings is 1. The summed E-state index contributed by atoms with van der Waals surface area (Å²) in [4.78, 5) is 17.8.